The molecule has 0 bridgehead atoms. The molecule has 0 aliphatic heterocycles. The highest BCUT2D eigenvalue weighted by Gasteiger charge is 2.15. The van der Waals surface area contributed by atoms with Gasteiger partial charge in [0.05, 0.1) is 5.56 Å². The lowest BCUT2D eigenvalue weighted by atomic mass is 10.0. The maximum absolute atomic E-state index is 13.6. The van der Waals surface area contributed by atoms with E-state index in [0.29, 0.717) is 5.56 Å². The summed E-state index contributed by atoms with van der Waals surface area (Å²) in [6, 6.07) is 8.77. The van der Waals surface area contributed by atoms with Crippen LogP contribution in [0.2, 0.25) is 0 Å². The van der Waals surface area contributed by atoms with Crippen molar-refractivity contribution in [2.45, 2.75) is 6.92 Å². The van der Waals surface area contributed by atoms with Crippen LogP contribution in [-0.4, -0.2) is 0 Å². The van der Waals surface area contributed by atoms with Crippen LogP contribution in [0.3, 0.4) is 0 Å². The van der Waals surface area contributed by atoms with E-state index in [2.05, 4.69) is 6.07 Å². The Kier molecular flexibility index (Phi) is 2.69. The molecule has 2 aromatic carbocycles. The Bertz CT molecular complexity index is 509. The fourth-order valence-corrected chi connectivity index (χ4v) is 1.57. The number of rotatable bonds is 1. The number of hydrogen-bond donors (Lipinski definition) is 0. The lowest BCUT2D eigenvalue weighted by molar-refractivity contribution is 0.580. The summed E-state index contributed by atoms with van der Waals surface area (Å²) >= 11 is 0. The van der Waals surface area contributed by atoms with Crippen molar-refractivity contribution in [1.29, 1.82) is 0 Å². The molecule has 0 saturated heterocycles. The van der Waals surface area contributed by atoms with Crippen molar-refractivity contribution >= 4 is 0 Å². The van der Waals surface area contributed by atoms with Crippen LogP contribution in [0.1, 0.15) is 5.56 Å². The molecule has 0 aliphatic rings. The molecule has 0 N–H and O–H groups in total. The lowest BCUT2D eigenvalue weighted by Crippen LogP contribution is -1.94. The van der Waals surface area contributed by atoms with Crippen LogP contribution in [0, 0.1) is 30.4 Å². The Hall–Kier alpha value is -1.77. The van der Waals surface area contributed by atoms with Gasteiger partial charge in [-0.25, -0.2) is 13.2 Å². The average molecular weight is 221 g/mol. The van der Waals surface area contributed by atoms with Gasteiger partial charge in [-0.05, 0) is 24.6 Å². The molecule has 81 valence electrons. The normalized spacial score (nSPS) is 10.5. The van der Waals surface area contributed by atoms with E-state index in [1.165, 1.54) is 30.3 Å². The van der Waals surface area contributed by atoms with E-state index in [4.69, 9.17) is 0 Å². The zero-order valence-electron chi connectivity index (χ0n) is 8.52. The summed E-state index contributed by atoms with van der Waals surface area (Å²) in [5, 5.41) is 0. The first-order valence-corrected chi connectivity index (χ1v) is 4.72. The molecule has 1 radical (unpaired) electrons. The molecule has 0 unspecified atom stereocenters. The van der Waals surface area contributed by atoms with E-state index in [-0.39, 0.29) is 11.1 Å². The monoisotopic (exact) mass is 221 g/mol. The highest BCUT2D eigenvalue weighted by atomic mass is 19.1. The van der Waals surface area contributed by atoms with Crippen LogP contribution in [0.4, 0.5) is 13.2 Å². The predicted octanol–water partition coefficient (Wildman–Crippen LogP) is 3.88. The average Bonchev–Trinajstić information content (AvgIpc) is 2.19. The molecule has 0 heterocycles. The molecule has 2 rings (SSSR count). The van der Waals surface area contributed by atoms with Gasteiger partial charge < -0.3 is 0 Å². The molecular formula is C13H8F3. The maximum atomic E-state index is 13.6. The van der Waals surface area contributed by atoms with Gasteiger partial charge in [0.2, 0.25) is 0 Å². The van der Waals surface area contributed by atoms with Crippen LogP contribution >= 0.6 is 0 Å². The minimum Gasteiger partial charge on any atom is -0.206 e. The van der Waals surface area contributed by atoms with E-state index in [9.17, 15) is 13.2 Å². The van der Waals surface area contributed by atoms with E-state index in [0.717, 1.165) is 0 Å². The summed E-state index contributed by atoms with van der Waals surface area (Å²) < 4.78 is 40.5. The molecule has 0 amide bonds. The predicted molar refractivity (Wildman–Crippen MR) is 55.3 cm³/mol. The number of benzene rings is 2. The van der Waals surface area contributed by atoms with Gasteiger partial charge in [0.25, 0.3) is 0 Å². The van der Waals surface area contributed by atoms with Crippen LogP contribution in [0.15, 0.2) is 30.3 Å². The van der Waals surface area contributed by atoms with Gasteiger partial charge in [0.15, 0.2) is 0 Å². The summed E-state index contributed by atoms with van der Waals surface area (Å²) in [4.78, 5) is 0. The Morgan fingerprint density at radius 2 is 1.69 bits per heavy atom. The zero-order valence-corrected chi connectivity index (χ0v) is 8.52. The van der Waals surface area contributed by atoms with E-state index in [1.54, 1.807) is 6.92 Å². The second-order valence-electron chi connectivity index (χ2n) is 3.50. The van der Waals surface area contributed by atoms with Gasteiger partial charge in [0.1, 0.15) is 17.5 Å². The number of halogens is 3. The fraction of sp³-hybridized carbons (Fsp3) is 0.0769. The van der Waals surface area contributed by atoms with Crippen molar-refractivity contribution in [3.8, 4) is 11.1 Å². The highest BCUT2D eigenvalue weighted by molar-refractivity contribution is 5.65. The minimum atomic E-state index is -0.768. The number of hydrogen-bond acceptors (Lipinski definition) is 0. The standard InChI is InChI=1S/C13H8F3/c1-8-6-11(15)13(12(16)7-8)9-4-2-3-5-10(9)14/h2-4,6-7H,1H3. The largest absolute Gasteiger partial charge is 0.206 e. The summed E-state index contributed by atoms with van der Waals surface area (Å²) in [7, 11) is 0. The van der Waals surface area contributed by atoms with Crippen LogP contribution in [0.5, 0.6) is 0 Å². The van der Waals surface area contributed by atoms with E-state index in [1.807, 2.05) is 0 Å². The first-order chi connectivity index (χ1) is 7.59. The second kappa shape index (κ2) is 4.00. The Morgan fingerprint density at radius 3 is 2.25 bits per heavy atom. The third kappa shape index (κ3) is 1.81. The first kappa shape index (κ1) is 10.7. The summed E-state index contributed by atoms with van der Waals surface area (Å²) in [6.45, 7) is 1.57. The SMILES string of the molecule is Cc1cc(F)c(-c2ccc[c]c2F)c(F)c1. The maximum Gasteiger partial charge on any atom is 0.139 e. The highest BCUT2D eigenvalue weighted by Crippen LogP contribution is 2.28. The summed E-state index contributed by atoms with van der Waals surface area (Å²) in [6.07, 6.45) is 0. The quantitative estimate of drug-likeness (QED) is 0.685. The van der Waals surface area contributed by atoms with E-state index < -0.39 is 17.5 Å². The van der Waals surface area contributed by atoms with Crippen molar-refractivity contribution < 1.29 is 13.2 Å². The van der Waals surface area contributed by atoms with Gasteiger partial charge in [-0.15, -0.1) is 0 Å². The zero-order chi connectivity index (χ0) is 11.7. The third-order valence-corrected chi connectivity index (χ3v) is 2.26. The van der Waals surface area contributed by atoms with E-state index >= 15 is 0 Å². The molecule has 0 atom stereocenters. The van der Waals surface area contributed by atoms with Gasteiger partial charge in [-0.1, -0.05) is 18.2 Å². The topological polar surface area (TPSA) is 0 Å². The lowest BCUT2D eigenvalue weighted by Gasteiger charge is -2.07. The molecule has 0 fully saturated rings. The third-order valence-electron chi connectivity index (χ3n) is 2.26. The first-order valence-electron chi connectivity index (χ1n) is 4.72. The van der Waals surface area contributed by atoms with Gasteiger partial charge in [0, 0.05) is 11.6 Å². The van der Waals surface area contributed by atoms with Crippen molar-refractivity contribution in [3.05, 3.63) is 59.4 Å². The van der Waals surface area contributed by atoms with Gasteiger partial charge >= 0.3 is 0 Å². The Morgan fingerprint density at radius 1 is 1.06 bits per heavy atom. The molecule has 0 aliphatic carbocycles. The van der Waals surface area contributed by atoms with Crippen molar-refractivity contribution in [2.24, 2.45) is 0 Å². The Balaban J connectivity index is 2.70. The molecule has 16 heavy (non-hydrogen) atoms. The summed E-state index contributed by atoms with van der Waals surface area (Å²) in [5.41, 5.74) is -0.00322. The van der Waals surface area contributed by atoms with Gasteiger partial charge in [-0.3, -0.25) is 0 Å². The molecule has 0 saturated carbocycles. The van der Waals surface area contributed by atoms with Crippen LogP contribution in [0.25, 0.3) is 11.1 Å². The molecule has 0 spiro atoms. The Labute approximate surface area is 91.4 Å². The minimum absolute atomic E-state index is 0.113. The number of aryl methyl sites for hydroxylation is 1. The second-order valence-corrected chi connectivity index (χ2v) is 3.50. The van der Waals surface area contributed by atoms with Crippen molar-refractivity contribution in [2.75, 3.05) is 0 Å². The molecule has 3 heteroatoms. The fourth-order valence-electron chi connectivity index (χ4n) is 1.57. The van der Waals surface area contributed by atoms with Crippen molar-refractivity contribution in [3.63, 3.8) is 0 Å². The van der Waals surface area contributed by atoms with Gasteiger partial charge in [-0.2, -0.15) is 0 Å². The van der Waals surface area contributed by atoms with Crippen LogP contribution in [-0.2, 0) is 0 Å². The van der Waals surface area contributed by atoms with Crippen molar-refractivity contribution in [1.82, 2.24) is 0 Å². The van der Waals surface area contributed by atoms with Crippen LogP contribution < -0.4 is 0 Å². The summed E-state index contributed by atoms with van der Waals surface area (Å²) in [5.74, 6) is -2.30. The molecule has 0 nitrogen and oxygen atoms in total. The molecule has 2 aromatic rings. The molecule has 0 aromatic heterocycles. The smallest absolute Gasteiger partial charge is 0.139 e. The molecular weight excluding hydrogens is 213 g/mol.